The summed E-state index contributed by atoms with van der Waals surface area (Å²) >= 11 is 9.26. The number of benzene rings is 1. The minimum absolute atomic E-state index is 0. The molecule has 1 N–H and O–H groups in total. The maximum Gasteiger partial charge on any atom is 0.255 e. The fraction of sp³-hybridized carbons (Fsp3) is 0.417. The summed E-state index contributed by atoms with van der Waals surface area (Å²) in [6.45, 7) is 4.49. The van der Waals surface area contributed by atoms with Gasteiger partial charge in [0.15, 0.2) is 0 Å². The molecule has 1 saturated heterocycles. The maximum atomic E-state index is 12.4. The van der Waals surface area contributed by atoms with Crippen molar-refractivity contribution in [1.82, 2.24) is 10.2 Å². The Hall–Kier alpha value is -0.290. The number of nitrogens with one attached hydrogen (secondary N) is 1. The molecule has 18 heavy (non-hydrogen) atoms. The van der Waals surface area contributed by atoms with Crippen LogP contribution in [0.4, 0.5) is 0 Å². The number of halogens is 3. The molecule has 0 bridgehead atoms. The average Bonchev–Trinajstić information content (AvgIpc) is 2.29. The monoisotopic (exact) mass is 352 g/mol. The van der Waals surface area contributed by atoms with Gasteiger partial charge in [-0.25, -0.2) is 0 Å². The summed E-state index contributed by atoms with van der Waals surface area (Å²) in [5.74, 6) is 0.0579. The number of rotatable bonds is 1. The molecule has 1 fully saturated rings. The first-order valence-corrected chi connectivity index (χ1v) is 6.73. The second-order valence-corrected chi connectivity index (χ2v) is 5.47. The first-order chi connectivity index (χ1) is 8.09. The fourth-order valence-electron chi connectivity index (χ4n) is 1.96. The first-order valence-electron chi connectivity index (χ1n) is 5.56. The molecule has 0 radical (unpaired) electrons. The Balaban J connectivity index is 0.00000162. The van der Waals surface area contributed by atoms with Crippen molar-refractivity contribution < 1.29 is 4.79 Å². The highest BCUT2D eigenvalue weighted by Gasteiger charge is 2.25. The Morgan fingerprint density at radius 3 is 2.89 bits per heavy atom. The molecule has 3 nitrogen and oxygen atoms in total. The summed E-state index contributed by atoms with van der Waals surface area (Å²) in [4.78, 5) is 14.3. The lowest BCUT2D eigenvalue weighted by atomic mass is 10.1. The summed E-state index contributed by atoms with van der Waals surface area (Å²) in [5.41, 5.74) is 0.670. The summed E-state index contributed by atoms with van der Waals surface area (Å²) in [7, 11) is 0. The van der Waals surface area contributed by atoms with Crippen LogP contribution < -0.4 is 5.32 Å². The van der Waals surface area contributed by atoms with Crippen molar-refractivity contribution in [2.24, 2.45) is 0 Å². The van der Waals surface area contributed by atoms with Crippen molar-refractivity contribution in [2.75, 3.05) is 19.6 Å². The van der Waals surface area contributed by atoms with Crippen molar-refractivity contribution in [3.05, 3.63) is 33.3 Å². The van der Waals surface area contributed by atoms with Gasteiger partial charge in [0, 0.05) is 35.2 Å². The Morgan fingerprint density at radius 2 is 2.28 bits per heavy atom. The van der Waals surface area contributed by atoms with Crippen LogP contribution in [0.25, 0.3) is 0 Å². The van der Waals surface area contributed by atoms with Gasteiger partial charge in [0.25, 0.3) is 5.91 Å². The molecule has 0 aliphatic carbocycles. The number of amides is 1. The van der Waals surface area contributed by atoms with E-state index in [0.29, 0.717) is 10.6 Å². The molecular formula is C12H15BrCl2N2O. The van der Waals surface area contributed by atoms with Gasteiger partial charge in [0.2, 0.25) is 0 Å². The van der Waals surface area contributed by atoms with Crippen molar-refractivity contribution in [2.45, 2.75) is 13.0 Å². The third-order valence-corrected chi connectivity index (χ3v) is 3.81. The highest BCUT2D eigenvalue weighted by Crippen LogP contribution is 2.23. The van der Waals surface area contributed by atoms with Gasteiger partial charge in [0.05, 0.1) is 5.56 Å². The Labute approximate surface area is 126 Å². The van der Waals surface area contributed by atoms with Crippen LogP contribution >= 0.6 is 39.9 Å². The van der Waals surface area contributed by atoms with E-state index >= 15 is 0 Å². The Kier molecular flexibility index (Phi) is 5.92. The normalized spacial score (nSPS) is 19.3. The second-order valence-electron chi connectivity index (χ2n) is 4.18. The van der Waals surface area contributed by atoms with Gasteiger partial charge in [-0.3, -0.25) is 4.79 Å². The molecule has 1 aromatic carbocycles. The fourth-order valence-corrected chi connectivity index (χ4v) is 2.81. The molecule has 1 aromatic rings. The molecule has 1 aliphatic heterocycles. The molecule has 100 valence electrons. The average molecular weight is 354 g/mol. The van der Waals surface area contributed by atoms with Crippen LogP contribution in [0.5, 0.6) is 0 Å². The van der Waals surface area contributed by atoms with E-state index in [1.807, 2.05) is 11.8 Å². The van der Waals surface area contributed by atoms with E-state index in [1.165, 1.54) is 0 Å². The quantitative estimate of drug-likeness (QED) is 0.841. The number of piperazine rings is 1. The van der Waals surface area contributed by atoms with Gasteiger partial charge in [-0.1, -0.05) is 11.6 Å². The SMILES string of the molecule is CC1CNCCN1C(=O)c1ccc(Cl)cc1Br.Cl. The van der Waals surface area contributed by atoms with Crippen LogP contribution in [0.3, 0.4) is 0 Å². The maximum absolute atomic E-state index is 12.4. The van der Waals surface area contributed by atoms with E-state index in [-0.39, 0.29) is 24.4 Å². The van der Waals surface area contributed by atoms with E-state index in [9.17, 15) is 4.79 Å². The number of nitrogens with zero attached hydrogens (tertiary/aromatic N) is 1. The van der Waals surface area contributed by atoms with Crippen molar-refractivity contribution in [3.8, 4) is 0 Å². The van der Waals surface area contributed by atoms with Crippen molar-refractivity contribution >= 4 is 45.8 Å². The Morgan fingerprint density at radius 1 is 1.56 bits per heavy atom. The van der Waals surface area contributed by atoms with Crippen LogP contribution in [0, 0.1) is 0 Å². The zero-order valence-electron chi connectivity index (χ0n) is 9.95. The zero-order chi connectivity index (χ0) is 12.4. The lowest BCUT2D eigenvalue weighted by Gasteiger charge is -2.34. The second kappa shape index (κ2) is 6.75. The van der Waals surface area contributed by atoms with E-state index in [2.05, 4.69) is 21.2 Å². The summed E-state index contributed by atoms with van der Waals surface area (Å²) in [6, 6.07) is 5.48. The molecule has 1 atom stereocenters. The predicted molar refractivity (Wildman–Crippen MR) is 79.8 cm³/mol. The number of carbonyl (C=O) groups excluding carboxylic acids is 1. The van der Waals surface area contributed by atoms with Crippen molar-refractivity contribution in [3.63, 3.8) is 0 Å². The highest BCUT2D eigenvalue weighted by molar-refractivity contribution is 9.10. The van der Waals surface area contributed by atoms with E-state index in [1.54, 1.807) is 18.2 Å². The molecule has 1 unspecified atom stereocenters. The smallest absolute Gasteiger partial charge is 0.255 e. The van der Waals surface area contributed by atoms with Crippen molar-refractivity contribution in [1.29, 1.82) is 0 Å². The molecule has 1 aliphatic rings. The minimum Gasteiger partial charge on any atom is -0.333 e. The lowest BCUT2D eigenvalue weighted by Crippen LogP contribution is -2.52. The zero-order valence-corrected chi connectivity index (χ0v) is 13.1. The number of hydrogen-bond donors (Lipinski definition) is 1. The van der Waals surface area contributed by atoms with Gasteiger partial charge in [-0.05, 0) is 41.1 Å². The van der Waals surface area contributed by atoms with Crippen LogP contribution in [0.15, 0.2) is 22.7 Å². The summed E-state index contributed by atoms with van der Waals surface area (Å²) < 4.78 is 0.751. The standard InChI is InChI=1S/C12H14BrClN2O.ClH/c1-8-7-15-4-5-16(8)12(17)10-3-2-9(14)6-11(10)13;/h2-3,6,8,15H,4-5,7H2,1H3;1H. The molecule has 2 rings (SSSR count). The van der Waals surface area contributed by atoms with Crippen LogP contribution in [0.2, 0.25) is 5.02 Å². The molecule has 0 saturated carbocycles. The summed E-state index contributed by atoms with van der Waals surface area (Å²) in [5, 5.41) is 3.89. The largest absolute Gasteiger partial charge is 0.333 e. The van der Waals surface area contributed by atoms with Gasteiger partial charge in [-0.15, -0.1) is 12.4 Å². The molecular weight excluding hydrogens is 339 g/mol. The van der Waals surface area contributed by atoms with Crippen LogP contribution in [0.1, 0.15) is 17.3 Å². The molecule has 1 heterocycles. The van der Waals surface area contributed by atoms with E-state index in [0.717, 1.165) is 24.1 Å². The third kappa shape index (κ3) is 3.38. The molecule has 1 amide bonds. The predicted octanol–water partition coefficient (Wildman–Crippen LogP) is 2.96. The van der Waals surface area contributed by atoms with E-state index in [4.69, 9.17) is 11.6 Å². The first kappa shape index (κ1) is 15.8. The topological polar surface area (TPSA) is 32.3 Å². The van der Waals surface area contributed by atoms with Gasteiger partial charge in [-0.2, -0.15) is 0 Å². The van der Waals surface area contributed by atoms with Gasteiger partial charge >= 0.3 is 0 Å². The third-order valence-electron chi connectivity index (χ3n) is 2.92. The van der Waals surface area contributed by atoms with E-state index < -0.39 is 0 Å². The molecule has 0 spiro atoms. The molecule has 6 heteroatoms. The lowest BCUT2D eigenvalue weighted by molar-refractivity contribution is 0.0655. The Bertz CT molecular complexity index is 442. The highest BCUT2D eigenvalue weighted by atomic mass is 79.9. The summed E-state index contributed by atoms with van der Waals surface area (Å²) in [6.07, 6.45) is 0. The van der Waals surface area contributed by atoms with Crippen LogP contribution in [-0.2, 0) is 0 Å². The van der Waals surface area contributed by atoms with Crippen LogP contribution in [-0.4, -0.2) is 36.5 Å². The molecule has 0 aromatic heterocycles. The van der Waals surface area contributed by atoms with Gasteiger partial charge in [0.1, 0.15) is 0 Å². The number of carbonyl (C=O) groups is 1. The number of hydrogen-bond acceptors (Lipinski definition) is 2. The van der Waals surface area contributed by atoms with Gasteiger partial charge < -0.3 is 10.2 Å². The minimum atomic E-state index is 0.